The number of fused-ring (bicyclic) bond motifs is 1. The number of unbranched alkanes of at least 4 members (excludes halogenated alkanes) is 2. The first-order valence-electron chi connectivity index (χ1n) is 9.88. The third kappa shape index (κ3) is 4.19. The number of nitrogens with one attached hydrogen (secondary N) is 1. The number of hydrogen-bond acceptors (Lipinski definition) is 6. The van der Waals surface area contributed by atoms with Crippen molar-refractivity contribution in [3.8, 4) is 0 Å². The monoisotopic (exact) mass is 490 g/mol. The summed E-state index contributed by atoms with van der Waals surface area (Å²) in [5, 5.41) is 9.79. The van der Waals surface area contributed by atoms with Crippen LogP contribution in [0.4, 0.5) is 0 Å². The van der Waals surface area contributed by atoms with Crippen LogP contribution in [0.5, 0.6) is 0 Å². The van der Waals surface area contributed by atoms with Crippen molar-refractivity contribution in [1.82, 2.24) is 9.55 Å². The van der Waals surface area contributed by atoms with Gasteiger partial charge in [0.05, 0.1) is 0 Å². The number of aryl methyl sites for hydroxylation is 1. The number of H-pyrrole nitrogens is 1. The molecule has 2 fully saturated rings. The van der Waals surface area contributed by atoms with Crippen LogP contribution in [0.15, 0.2) is 15.8 Å². The average Bonchev–Trinajstić information content (AvgIpc) is 3.17. The SMILES string of the molecule is CCC[CH2][Sn]1([CH2]CCC)[O]C2[C@@H]([O]1)[C@@H](CO)O[C@H]2n1cc(C)c(=O)[nH]c1=O. The molecular weight excluding hydrogens is 459 g/mol. The number of aromatic nitrogens is 2. The van der Waals surface area contributed by atoms with Crippen LogP contribution in [0.25, 0.3) is 0 Å². The summed E-state index contributed by atoms with van der Waals surface area (Å²) in [6, 6.07) is 0. The van der Waals surface area contributed by atoms with Gasteiger partial charge in [-0.25, -0.2) is 0 Å². The zero-order valence-corrected chi connectivity index (χ0v) is 19.1. The standard InChI is InChI=1S/C10H12N2O6.2C4H9.Sn/c1-4-2-12(10(17)11-8(4)16)9-7(15)6(14)5(3-13)18-9;2*1-3-4-2;/h2,5-7,9,13H,3H2,1H3,(H,11,16,17);2*1,3-4H2,2H3;/q-2;;;+2/t5-,6+,7?,9-;;;/m1.../s1. The summed E-state index contributed by atoms with van der Waals surface area (Å²) in [6.45, 7) is 5.75. The Morgan fingerprint density at radius 2 is 1.78 bits per heavy atom. The molecule has 8 nitrogen and oxygen atoms in total. The maximum absolute atomic E-state index is 12.4. The van der Waals surface area contributed by atoms with Gasteiger partial charge in [0.15, 0.2) is 0 Å². The number of aromatic amines is 1. The van der Waals surface area contributed by atoms with E-state index in [1.807, 2.05) is 0 Å². The van der Waals surface area contributed by atoms with E-state index in [1.165, 1.54) is 10.8 Å². The molecule has 9 heteroatoms. The molecule has 2 aliphatic heterocycles. The molecule has 0 saturated carbocycles. The summed E-state index contributed by atoms with van der Waals surface area (Å²) in [5.74, 6) is 0. The number of ether oxygens (including phenoxy) is 1. The Morgan fingerprint density at radius 1 is 1.15 bits per heavy atom. The summed E-state index contributed by atoms with van der Waals surface area (Å²) in [5.41, 5.74) is -0.522. The van der Waals surface area contributed by atoms with E-state index in [9.17, 15) is 14.7 Å². The summed E-state index contributed by atoms with van der Waals surface area (Å²) >= 11 is -3.30. The van der Waals surface area contributed by atoms with Crippen LogP contribution in [0, 0.1) is 6.92 Å². The molecule has 0 aromatic carbocycles. The zero-order chi connectivity index (χ0) is 19.6. The number of hydrogen-bond donors (Lipinski definition) is 2. The Morgan fingerprint density at radius 3 is 2.37 bits per heavy atom. The third-order valence-electron chi connectivity index (χ3n) is 5.41. The van der Waals surface area contributed by atoms with Crippen molar-refractivity contribution in [2.75, 3.05) is 6.61 Å². The summed E-state index contributed by atoms with van der Waals surface area (Å²) in [4.78, 5) is 26.4. The molecule has 1 unspecified atom stereocenters. The van der Waals surface area contributed by atoms with Crippen LogP contribution in [0.2, 0.25) is 8.87 Å². The van der Waals surface area contributed by atoms with Gasteiger partial charge in [0.25, 0.3) is 0 Å². The van der Waals surface area contributed by atoms with Gasteiger partial charge < -0.3 is 0 Å². The van der Waals surface area contributed by atoms with Gasteiger partial charge in [-0.05, 0) is 0 Å². The summed E-state index contributed by atoms with van der Waals surface area (Å²) in [7, 11) is 0. The van der Waals surface area contributed by atoms with Crippen molar-refractivity contribution in [1.29, 1.82) is 0 Å². The molecule has 0 radical (unpaired) electrons. The van der Waals surface area contributed by atoms with Crippen molar-refractivity contribution in [2.24, 2.45) is 0 Å². The fourth-order valence-corrected chi connectivity index (χ4v) is 15.6. The average molecular weight is 489 g/mol. The van der Waals surface area contributed by atoms with Gasteiger partial charge in [0, 0.05) is 0 Å². The molecule has 3 rings (SSSR count). The predicted molar refractivity (Wildman–Crippen MR) is 102 cm³/mol. The molecular formula is C18H30N2O6Sn. The van der Waals surface area contributed by atoms with Gasteiger partial charge in [-0.3, -0.25) is 0 Å². The normalized spacial score (nSPS) is 29.2. The van der Waals surface area contributed by atoms with Gasteiger partial charge in [0.2, 0.25) is 0 Å². The zero-order valence-electron chi connectivity index (χ0n) is 16.3. The molecule has 1 aromatic heterocycles. The molecule has 2 N–H and O–H groups in total. The molecule has 1 aromatic rings. The molecule has 152 valence electrons. The second-order valence-electron chi connectivity index (χ2n) is 7.51. The van der Waals surface area contributed by atoms with E-state index in [1.54, 1.807) is 6.92 Å². The van der Waals surface area contributed by atoms with Crippen molar-refractivity contribution < 1.29 is 16.0 Å². The number of nitrogens with zero attached hydrogens (tertiary/aromatic N) is 1. The maximum atomic E-state index is 12.4. The Kier molecular flexibility index (Phi) is 6.83. The van der Waals surface area contributed by atoms with Gasteiger partial charge in [-0.1, -0.05) is 0 Å². The molecule has 0 spiro atoms. The topological polar surface area (TPSA) is 103 Å². The fourth-order valence-electron chi connectivity index (χ4n) is 3.90. The van der Waals surface area contributed by atoms with Crippen LogP contribution in [0.3, 0.4) is 0 Å². The van der Waals surface area contributed by atoms with Gasteiger partial charge in [0.1, 0.15) is 0 Å². The van der Waals surface area contributed by atoms with E-state index in [0.717, 1.165) is 34.6 Å². The van der Waals surface area contributed by atoms with Crippen LogP contribution in [0.1, 0.15) is 51.3 Å². The first-order chi connectivity index (χ1) is 12.9. The van der Waals surface area contributed by atoms with Crippen molar-refractivity contribution in [3.63, 3.8) is 0 Å². The minimum atomic E-state index is -3.30. The molecule has 0 aliphatic carbocycles. The summed E-state index contributed by atoms with van der Waals surface area (Å²) in [6.07, 6.45) is 3.78. The van der Waals surface area contributed by atoms with E-state index in [-0.39, 0.29) is 12.7 Å². The van der Waals surface area contributed by atoms with Crippen molar-refractivity contribution in [2.45, 2.75) is 79.9 Å². The number of aliphatic hydroxyl groups excluding tert-OH is 1. The van der Waals surface area contributed by atoms with Crippen LogP contribution in [-0.2, 0) is 10.9 Å². The molecule has 4 atom stereocenters. The van der Waals surface area contributed by atoms with E-state index in [4.69, 9.17) is 10.9 Å². The Hall–Kier alpha value is -0.681. The molecule has 2 aliphatic rings. The second-order valence-corrected chi connectivity index (χ2v) is 16.9. The quantitative estimate of drug-likeness (QED) is 0.538. The van der Waals surface area contributed by atoms with Crippen molar-refractivity contribution >= 4 is 19.2 Å². The second kappa shape index (κ2) is 8.77. The molecule has 2 saturated heterocycles. The molecule has 27 heavy (non-hydrogen) atoms. The van der Waals surface area contributed by atoms with Gasteiger partial charge >= 0.3 is 164 Å². The third-order valence-corrected chi connectivity index (χ3v) is 15.8. The van der Waals surface area contributed by atoms with Crippen LogP contribution in [-0.4, -0.2) is 58.8 Å². The van der Waals surface area contributed by atoms with Gasteiger partial charge in [-0.2, -0.15) is 0 Å². The van der Waals surface area contributed by atoms with Crippen LogP contribution < -0.4 is 11.2 Å². The summed E-state index contributed by atoms with van der Waals surface area (Å²) < 4.78 is 22.4. The molecule has 0 amide bonds. The van der Waals surface area contributed by atoms with Crippen LogP contribution >= 0.6 is 0 Å². The molecule has 0 bridgehead atoms. The minimum absolute atomic E-state index is 0.193. The number of rotatable bonds is 8. The van der Waals surface area contributed by atoms with E-state index in [2.05, 4.69) is 18.8 Å². The fraction of sp³-hybridized carbons (Fsp3) is 0.778. The molecule has 3 heterocycles. The van der Waals surface area contributed by atoms with Gasteiger partial charge in [-0.15, -0.1) is 0 Å². The van der Waals surface area contributed by atoms with E-state index in [0.29, 0.717) is 5.56 Å². The van der Waals surface area contributed by atoms with E-state index >= 15 is 0 Å². The number of aliphatic hydroxyl groups is 1. The Balaban J connectivity index is 1.92. The first-order valence-corrected chi connectivity index (χ1v) is 16.3. The Labute approximate surface area is 163 Å². The van der Waals surface area contributed by atoms with Crippen molar-refractivity contribution in [3.05, 3.63) is 32.6 Å². The predicted octanol–water partition coefficient (Wildman–Crippen LogP) is 1.56. The Bertz CT molecular complexity index is 755. The first kappa shape index (κ1) is 21.0. The van der Waals surface area contributed by atoms with E-state index < -0.39 is 48.9 Å².